The molecular formula is C12H25N3O. The number of rotatable bonds is 3. The van der Waals surface area contributed by atoms with Gasteiger partial charge in [-0.3, -0.25) is 9.69 Å². The highest BCUT2D eigenvalue weighted by atomic mass is 16.2. The Morgan fingerprint density at radius 1 is 1.44 bits per heavy atom. The van der Waals surface area contributed by atoms with E-state index in [1.807, 2.05) is 11.9 Å². The van der Waals surface area contributed by atoms with Crippen LogP contribution in [0.25, 0.3) is 0 Å². The largest absolute Gasteiger partial charge is 0.344 e. The molecule has 0 spiro atoms. The van der Waals surface area contributed by atoms with Crippen LogP contribution in [0.5, 0.6) is 0 Å². The van der Waals surface area contributed by atoms with Crippen molar-refractivity contribution in [1.29, 1.82) is 0 Å². The van der Waals surface area contributed by atoms with E-state index < -0.39 is 0 Å². The van der Waals surface area contributed by atoms with E-state index in [2.05, 4.69) is 25.7 Å². The van der Waals surface area contributed by atoms with Crippen LogP contribution < -0.4 is 5.73 Å². The first-order valence-electron chi connectivity index (χ1n) is 6.18. The molecule has 0 aromatic rings. The zero-order chi connectivity index (χ0) is 12.3. The Bertz CT molecular complexity index is 242. The molecule has 0 aromatic heterocycles. The highest BCUT2D eigenvalue weighted by Gasteiger charge is 2.33. The lowest BCUT2D eigenvalue weighted by Crippen LogP contribution is -2.48. The third-order valence-electron chi connectivity index (χ3n) is 3.27. The van der Waals surface area contributed by atoms with Crippen LogP contribution in [0, 0.1) is 5.92 Å². The molecule has 1 aliphatic heterocycles. The maximum Gasteiger partial charge on any atom is 0.239 e. The second-order valence-corrected chi connectivity index (χ2v) is 5.21. The molecule has 1 fully saturated rings. The Hall–Kier alpha value is -0.610. The van der Waals surface area contributed by atoms with E-state index in [9.17, 15) is 4.79 Å². The van der Waals surface area contributed by atoms with Gasteiger partial charge in [-0.05, 0) is 32.7 Å². The van der Waals surface area contributed by atoms with Crippen molar-refractivity contribution in [3.8, 4) is 0 Å². The summed E-state index contributed by atoms with van der Waals surface area (Å²) in [5, 5.41) is 0. The lowest BCUT2D eigenvalue weighted by Gasteiger charge is -2.33. The summed E-state index contributed by atoms with van der Waals surface area (Å²) in [7, 11) is 1.90. The van der Waals surface area contributed by atoms with Crippen molar-refractivity contribution in [3.63, 3.8) is 0 Å². The molecule has 0 radical (unpaired) electrons. The first-order valence-corrected chi connectivity index (χ1v) is 6.18. The number of nitrogens with zero attached hydrogens (tertiary/aromatic N) is 2. The molecule has 0 aromatic carbocycles. The topological polar surface area (TPSA) is 49.6 Å². The van der Waals surface area contributed by atoms with Crippen molar-refractivity contribution in [2.75, 3.05) is 26.7 Å². The zero-order valence-electron chi connectivity index (χ0n) is 10.9. The number of carbonyl (C=O) groups excluding carboxylic acids is 1. The van der Waals surface area contributed by atoms with Crippen molar-refractivity contribution >= 4 is 5.91 Å². The van der Waals surface area contributed by atoms with E-state index in [4.69, 9.17) is 5.73 Å². The molecular weight excluding hydrogens is 202 g/mol. The van der Waals surface area contributed by atoms with Gasteiger partial charge in [0.1, 0.15) is 0 Å². The maximum atomic E-state index is 12.2. The number of amides is 1. The average Bonchev–Trinajstić information content (AvgIpc) is 2.30. The normalized spacial score (nSPS) is 28.6. The van der Waals surface area contributed by atoms with Crippen LogP contribution in [-0.4, -0.2) is 54.5 Å². The smallest absolute Gasteiger partial charge is 0.239 e. The third kappa shape index (κ3) is 2.95. The monoisotopic (exact) mass is 227 g/mol. The highest BCUT2D eigenvalue weighted by molar-refractivity contribution is 5.82. The van der Waals surface area contributed by atoms with E-state index in [0.717, 1.165) is 19.5 Å². The molecule has 1 amide bonds. The van der Waals surface area contributed by atoms with Gasteiger partial charge in [-0.15, -0.1) is 0 Å². The maximum absolute atomic E-state index is 12.2. The Kier molecular flexibility index (Phi) is 4.74. The van der Waals surface area contributed by atoms with Crippen molar-refractivity contribution in [2.24, 2.45) is 11.7 Å². The molecule has 0 bridgehead atoms. The van der Waals surface area contributed by atoms with Crippen LogP contribution in [0.4, 0.5) is 0 Å². The molecule has 0 aliphatic carbocycles. The van der Waals surface area contributed by atoms with Gasteiger partial charge in [-0.1, -0.05) is 6.92 Å². The van der Waals surface area contributed by atoms with Crippen molar-refractivity contribution < 1.29 is 4.79 Å². The minimum atomic E-state index is -0.0278. The first kappa shape index (κ1) is 13.5. The second kappa shape index (κ2) is 5.64. The fourth-order valence-electron chi connectivity index (χ4n) is 2.52. The summed E-state index contributed by atoms with van der Waals surface area (Å²) in [5.74, 6) is 0.752. The summed E-state index contributed by atoms with van der Waals surface area (Å²) in [6.07, 6.45) is 0.758. The van der Waals surface area contributed by atoms with E-state index in [1.165, 1.54) is 0 Å². The molecule has 1 rings (SSSR count). The van der Waals surface area contributed by atoms with Crippen LogP contribution >= 0.6 is 0 Å². The van der Waals surface area contributed by atoms with Gasteiger partial charge < -0.3 is 10.6 Å². The molecule has 94 valence electrons. The van der Waals surface area contributed by atoms with E-state index in [0.29, 0.717) is 18.5 Å². The summed E-state index contributed by atoms with van der Waals surface area (Å²) in [5.41, 5.74) is 5.62. The van der Waals surface area contributed by atoms with Crippen molar-refractivity contribution in [2.45, 2.75) is 39.3 Å². The molecule has 16 heavy (non-hydrogen) atoms. The minimum Gasteiger partial charge on any atom is -0.344 e. The molecule has 1 saturated heterocycles. The van der Waals surface area contributed by atoms with Crippen LogP contribution in [0.2, 0.25) is 0 Å². The molecule has 1 aliphatic rings. The first-order chi connectivity index (χ1) is 7.47. The predicted octanol–water partition coefficient (Wildman–Crippen LogP) is 0.522. The van der Waals surface area contributed by atoms with Gasteiger partial charge in [0.2, 0.25) is 5.91 Å². The summed E-state index contributed by atoms with van der Waals surface area (Å²) < 4.78 is 0. The van der Waals surface area contributed by atoms with Gasteiger partial charge in [-0.25, -0.2) is 0 Å². The molecule has 2 unspecified atom stereocenters. The number of hydrogen-bond donors (Lipinski definition) is 1. The summed E-state index contributed by atoms with van der Waals surface area (Å²) in [6, 6.07) is 0.370. The fourth-order valence-corrected chi connectivity index (χ4v) is 2.52. The Labute approximate surface area is 98.8 Å². The van der Waals surface area contributed by atoms with Crippen molar-refractivity contribution in [1.82, 2.24) is 9.80 Å². The lowest BCUT2D eigenvalue weighted by molar-refractivity contribution is -0.134. The number of hydrogen-bond acceptors (Lipinski definition) is 3. The highest BCUT2D eigenvalue weighted by Crippen LogP contribution is 2.18. The van der Waals surface area contributed by atoms with Crippen LogP contribution in [0.3, 0.4) is 0 Å². The molecule has 4 heteroatoms. The Morgan fingerprint density at radius 3 is 2.56 bits per heavy atom. The quantitative estimate of drug-likeness (QED) is 0.765. The molecule has 2 atom stereocenters. The van der Waals surface area contributed by atoms with Gasteiger partial charge in [-0.2, -0.15) is 0 Å². The molecule has 1 heterocycles. The number of nitrogens with two attached hydrogens (primary N) is 1. The summed E-state index contributed by atoms with van der Waals surface area (Å²) >= 11 is 0. The SMILES string of the molecule is CC1CN(C)C(=O)C(CCN)N(C(C)C)C1. The fraction of sp³-hybridized carbons (Fsp3) is 0.917. The zero-order valence-corrected chi connectivity index (χ0v) is 10.9. The van der Waals surface area contributed by atoms with Crippen molar-refractivity contribution in [3.05, 3.63) is 0 Å². The average molecular weight is 227 g/mol. The van der Waals surface area contributed by atoms with E-state index >= 15 is 0 Å². The van der Waals surface area contributed by atoms with Crippen LogP contribution in [-0.2, 0) is 4.79 Å². The van der Waals surface area contributed by atoms with Gasteiger partial charge in [0.25, 0.3) is 0 Å². The molecule has 2 N–H and O–H groups in total. The minimum absolute atomic E-state index is 0.0278. The van der Waals surface area contributed by atoms with Gasteiger partial charge in [0.15, 0.2) is 0 Å². The predicted molar refractivity (Wildman–Crippen MR) is 66.1 cm³/mol. The number of carbonyl (C=O) groups is 1. The molecule has 0 saturated carbocycles. The Balaban J connectivity index is 2.89. The van der Waals surface area contributed by atoms with Gasteiger partial charge in [0, 0.05) is 26.2 Å². The standard InChI is InChI=1S/C12H25N3O/c1-9(2)15-8-10(3)7-14(4)12(16)11(15)5-6-13/h9-11H,5-8,13H2,1-4H3. The number of likely N-dealkylation sites (N-methyl/N-ethyl adjacent to an activating group) is 1. The Morgan fingerprint density at radius 2 is 2.06 bits per heavy atom. The second-order valence-electron chi connectivity index (χ2n) is 5.21. The van der Waals surface area contributed by atoms with Gasteiger partial charge in [0.05, 0.1) is 6.04 Å². The summed E-state index contributed by atoms with van der Waals surface area (Å²) in [4.78, 5) is 16.4. The summed E-state index contributed by atoms with van der Waals surface area (Å²) in [6.45, 7) is 8.90. The molecule has 4 nitrogen and oxygen atoms in total. The lowest BCUT2D eigenvalue weighted by atomic mass is 10.1. The van der Waals surface area contributed by atoms with Crippen LogP contribution in [0.1, 0.15) is 27.2 Å². The van der Waals surface area contributed by atoms with Gasteiger partial charge >= 0.3 is 0 Å². The van der Waals surface area contributed by atoms with E-state index in [-0.39, 0.29) is 11.9 Å². The third-order valence-corrected chi connectivity index (χ3v) is 3.27. The van der Waals surface area contributed by atoms with E-state index in [1.54, 1.807) is 0 Å². The van der Waals surface area contributed by atoms with Crippen LogP contribution in [0.15, 0.2) is 0 Å².